The lowest BCUT2D eigenvalue weighted by molar-refractivity contribution is -0.119. The third kappa shape index (κ3) is 3.31. The van der Waals surface area contributed by atoms with Gasteiger partial charge in [-0.1, -0.05) is 18.2 Å². The number of nitrogens with zero attached hydrogens (tertiary/aromatic N) is 2. The van der Waals surface area contributed by atoms with Crippen molar-refractivity contribution in [2.24, 2.45) is 5.73 Å². The van der Waals surface area contributed by atoms with Gasteiger partial charge in [-0.25, -0.2) is 0 Å². The number of likely N-dealkylation sites (tertiary alicyclic amines) is 1. The number of anilines is 1. The minimum Gasteiger partial charge on any atom is -0.327 e. The van der Waals surface area contributed by atoms with E-state index in [0.717, 1.165) is 31.6 Å². The summed E-state index contributed by atoms with van der Waals surface area (Å²) in [6, 6.07) is 9.94. The molecule has 1 atom stereocenters. The van der Waals surface area contributed by atoms with E-state index in [1.165, 1.54) is 0 Å². The number of hydrogen-bond acceptors (Lipinski definition) is 3. The number of benzene rings is 1. The topological polar surface area (TPSA) is 49.6 Å². The molecule has 4 heteroatoms. The Morgan fingerprint density at radius 1 is 1.44 bits per heavy atom. The molecule has 1 aromatic rings. The Morgan fingerprint density at radius 2 is 2.17 bits per heavy atom. The van der Waals surface area contributed by atoms with Gasteiger partial charge in [0.15, 0.2) is 0 Å². The number of piperidine rings is 1. The van der Waals surface area contributed by atoms with E-state index in [-0.39, 0.29) is 11.9 Å². The van der Waals surface area contributed by atoms with Gasteiger partial charge < -0.3 is 10.6 Å². The normalized spacial score (nSPS) is 20.7. The minimum atomic E-state index is 0.121. The zero-order chi connectivity index (χ0) is 13.0. The van der Waals surface area contributed by atoms with Crippen molar-refractivity contribution in [3.05, 3.63) is 30.3 Å². The van der Waals surface area contributed by atoms with Crippen LogP contribution in [-0.2, 0) is 4.79 Å². The van der Waals surface area contributed by atoms with E-state index >= 15 is 0 Å². The molecule has 0 aromatic heterocycles. The first-order valence-corrected chi connectivity index (χ1v) is 6.46. The zero-order valence-electron chi connectivity index (χ0n) is 10.9. The largest absolute Gasteiger partial charge is 0.327 e. The highest BCUT2D eigenvalue weighted by atomic mass is 16.2. The highest BCUT2D eigenvalue weighted by Crippen LogP contribution is 2.13. The maximum atomic E-state index is 12.2. The van der Waals surface area contributed by atoms with Crippen LogP contribution in [0, 0.1) is 0 Å². The number of likely N-dealkylation sites (N-methyl/N-ethyl adjacent to an activating group) is 1. The van der Waals surface area contributed by atoms with E-state index in [9.17, 15) is 4.79 Å². The summed E-state index contributed by atoms with van der Waals surface area (Å²) in [5, 5.41) is 0. The van der Waals surface area contributed by atoms with Crippen LogP contribution in [0.3, 0.4) is 0 Å². The molecule has 0 saturated carbocycles. The van der Waals surface area contributed by atoms with Gasteiger partial charge in [-0.05, 0) is 31.5 Å². The van der Waals surface area contributed by atoms with Gasteiger partial charge in [-0.3, -0.25) is 9.69 Å². The molecular weight excluding hydrogens is 226 g/mol. The summed E-state index contributed by atoms with van der Waals surface area (Å²) in [5.74, 6) is 0.121. The monoisotopic (exact) mass is 247 g/mol. The average molecular weight is 247 g/mol. The van der Waals surface area contributed by atoms with Gasteiger partial charge in [-0.15, -0.1) is 0 Å². The van der Waals surface area contributed by atoms with Gasteiger partial charge >= 0.3 is 0 Å². The second kappa shape index (κ2) is 5.98. The highest BCUT2D eigenvalue weighted by molar-refractivity contribution is 5.94. The summed E-state index contributed by atoms with van der Waals surface area (Å²) in [4.78, 5) is 16.0. The predicted octanol–water partition coefficient (Wildman–Crippen LogP) is 1.07. The van der Waals surface area contributed by atoms with Crippen molar-refractivity contribution in [3.8, 4) is 0 Å². The van der Waals surface area contributed by atoms with Gasteiger partial charge in [0.2, 0.25) is 5.91 Å². The van der Waals surface area contributed by atoms with Crippen molar-refractivity contribution < 1.29 is 4.79 Å². The van der Waals surface area contributed by atoms with Crippen molar-refractivity contribution in [3.63, 3.8) is 0 Å². The maximum Gasteiger partial charge on any atom is 0.240 e. The highest BCUT2D eigenvalue weighted by Gasteiger charge is 2.20. The molecular formula is C14H21N3O. The van der Waals surface area contributed by atoms with Crippen LogP contribution >= 0.6 is 0 Å². The van der Waals surface area contributed by atoms with Crippen LogP contribution in [0.25, 0.3) is 0 Å². The zero-order valence-corrected chi connectivity index (χ0v) is 10.9. The van der Waals surface area contributed by atoms with Gasteiger partial charge in [0.1, 0.15) is 0 Å². The van der Waals surface area contributed by atoms with Gasteiger partial charge in [0.05, 0.1) is 6.54 Å². The van der Waals surface area contributed by atoms with E-state index in [4.69, 9.17) is 5.73 Å². The lowest BCUT2D eigenvalue weighted by Gasteiger charge is -2.31. The molecule has 1 heterocycles. The Labute approximate surface area is 108 Å². The Kier molecular flexibility index (Phi) is 4.33. The second-order valence-electron chi connectivity index (χ2n) is 4.93. The number of carbonyl (C=O) groups is 1. The van der Waals surface area contributed by atoms with Crippen molar-refractivity contribution in [2.75, 3.05) is 31.6 Å². The minimum absolute atomic E-state index is 0.121. The maximum absolute atomic E-state index is 12.2. The third-order valence-corrected chi connectivity index (χ3v) is 3.42. The van der Waals surface area contributed by atoms with Crippen LogP contribution in [0.1, 0.15) is 12.8 Å². The summed E-state index contributed by atoms with van der Waals surface area (Å²) < 4.78 is 0. The lowest BCUT2D eigenvalue weighted by Crippen LogP contribution is -2.47. The SMILES string of the molecule is CN(C(=O)CN1CCC[C@@H](N)C1)c1ccccc1. The molecule has 2 N–H and O–H groups in total. The Bertz CT molecular complexity index is 393. The second-order valence-corrected chi connectivity index (χ2v) is 4.93. The Morgan fingerprint density at radius 3 is 2.83 bits per heavy atom. The quantitative estimate of drug-likeness (QED) is 0.869. The Hall–Kier alpha value is -1.39. The number of rotatable bonds is 3. The van der Waals surface area contributed by atoms with Gasteiger partial charge in [0.25, 0.3) is 0 Å². The molecule has 2 rings (SSSR count). The molecule has 1 saturated heterocycles. The fourth-order valence-corrected chi connectivity index (χ4v) is 2.33. The fourth-order valence-electron chi connectivity index (χ4n) is 2.33. The predicted molar refractivity (Wildman–Crippen MR) is 73.5 cm³/mol. The van der Waals surface area contributed by atoms with E-state index in [1.807, 2.05) is 37.4 Å². The van der Waals surface area contributed by atoms with E-state index in [2.05, 4.69) is 4.90 Å². The molecule has 1 aliphatic heterocycles. The van der Waals surface area contributed by atoms with E-state index < -0.39 is 0 Å². The first kappa shape index (κ1) is 13.1. The summed E-state index contributed by atoms with van der Waals surface area (Å²) >= 11 is 0. The average Bonchev–Trinajstić information content (AvgIpc) is 2.39. The van der Waals surface area contributed by atoms with Crippen molar-refractivity contribution >= 4 is 11.6 Å². The number of carbonyl (C=O) groups excluding carboxylic acids is 1. The summed E-state index contributed by atoms with van der Waals surface area (Å²) in [5.41, 5.74) is 6.86. The molecule has 0 unspecified atom stereocenters. The van der Waals surface area contributed by atoms with Crippen LogP contribution in [0.15, 0.2) is 30.3 Å². The van der Waals surface area contributed by atoms with Gasteiger partial charge in [0, 0.05) is 25.3 Å². The number of amides is 1. The summed E-state index contributed by atoms with van der Waals surface area (Å²) in [7, 11) is 1.82. The molecule has 18 heavy (non-hydrogen) atoms. The van der Waals surface area contributed by atoms with Crippen molar-refractivity contribution in [2.45, 2.75) is 18.9 Å². The molecule has 1 aromatic carbocycles. The molecule has 1 aliphatic rings. The van der Waals surface area contributed by atoms with Crippen LogP contribution in [0.2, 0.25) is 0 Å². The smallest absolute Gasteiger partial charge is 0.240 e. The van der Waals surface area contributed by atoms with Gasteiger partial charge in [-0.2, -0.15) is 0 Å². The van der Waals surface area contributed by atoms with Crippen LogP contribution in [-0.4, -0.2) is 43.5 Å². The molecule has 1 fully saturated rings. The van der Waals surface area contributed by atoms with Crippen LogP contribution in [0.4, 0.5) is 5.69 Å². The van der Waals surface area contributed by atoms with Crippen LogP contribution in [0.5, 0.6) is 0 Å². The van der Waals surface area contributed by atoms with E-state index in [1.54, 1.807) is 4.90 Å². The molecule has 4 nitrogen and oxygen atoms in total. The first-order valence-electron chi connectivity index (χ1n) is 6.46. The van der Waals surface area contributed by atoms with Crippen molar-refractivity contribution in [1.82, 2.24) is 4.90 Å². The number of para-hydroxylation sites is 1. The fraction of sp³-hybridized carbons (Fsp3) is 0.500. The summed E-state index contributed by atoms with van der Waals surface area (Å²) in [6.45, 7) is 2.26. The van der Waals surface area contributed by atoms with E-state index in [0.29, 0.717) is 6.54 Å². The molecule has 0 aliphatic carbocycles. The van der Waals surface area contributed by atoms with Crippen molar-refractivity contribution in [1.29, 1.82) is 0 Å². The standard InChI is InChI=1S/C14H21N3O/c1-16(13-7-3-2-4-8-13)14(18)11-17-9-5-6-12(15)10-17/h2-4,7-8,12H,5-6,9-11,15H2,1H3/t12-/m1/s1. The molecule has 0 spiro atoms. The molecule has 98 valence electrons. The third-order valence-electron chi connectivity index (χ3n) is 3.42. The lowest BCUT2D eigenvalue weighted by atomic mass is 10.1. The molecule has 1 amide bonds. The molecule has 0 radical (unpaired) electrons. The number of hydrogen-bond donors (Lipinski definition) is 1. The van der Waals surface area contributed by atoms with Crippen LogP contribution < -0.4 is 10.6 Å². The summed E-state index contributed by atoms with van der Waals surface area (Å²) in [6.07, 6.45) is 2.16. The molecule has 0 bridgehead atoms. The number of nitrogens with two attached hydrogens (primary N) is 1. The first-order chi connectivity index (χ1) is 8.66. The Balaban J connectivity index is 1.91.